The summed E-state index contributed by atoms with van der Waals surface area (Å²) in [6.45, 7) is 0. The van der Waals surface area contributed by atoms with Crippen LogP contribution in [0.25, 0.3) is 0 Å². The van der Waals surface area contributed by atoms with Gasteiger partial charge >= 0.3 is 5.97 Å². The van der Waals surface area contributed by atoms with Crippen molar-refractivity contribution in [1.82, 2.24) is 0 Å². The van der Waals surface area contributed by atoms with Crippen LogP contribution in [0.5, 0.6) is 0 Å². The first-order valence-corrected chi connectivity index (χ1v) is 11.6. The van der Waals surface area contributed by atoms with Gasteiger partial charge in [0.25, 0.3) is 11.6 Å². The lowest BCUT2D eigenvalue weighted by Crippen LogP contribution is -2.26. The smallest absolute Gasteiger partial charge is 0.341 e. The van der Waals surface area contributed by atoms with Crippen LogP contribution in [-0.2, 0) is 9.53 Å². The minimum absolute atomic E-state index is 0.131. The molecule has 0 fully saturated rings. The van der Waals surface area contributed by atoms with Crippen LogP contribution >= 0.6 is 15.9 Å². The number of carbonyl (C=O) groups excluding carboxylic acids is 2. The molecule has 1 atom stereocenters. The first-order chi connectivity index (χ1) is 17.4. The first kappa shape index (κ1) is 24.6. The lowest BCUT2D eigenvalue weighted by atomic mass is 10.1. The molecule has 180 valence electrons. The molecule has 9 heteroatoms. The van der Waals surface area contributed by atoms with Gasteiger partial charge in [0.1, 0.15) is 0 Å². The normalized spacial score (nSPS) is 11.2. The van der Waals surface area contributed by atoms with Crippen LogP contribution in [0.15, 0.2) is 108 Å². The largest absolute Gasteiger partial charge is 0.444 e. The first-order valence-electron chi connectivity index (χ1n) is 10.8. The van der Waals surface area contributed by atoms with Crippen LogP contribution < -0.4 is 10.6 Å². The second kappa shape index (κ2) is 11.3. The van der Waals surface area contributed by atoms with E-state index in [-0.39, 0.29) is 11.3 Å². The number of para-hydroxylation sites is 2. The van der Waals surface area contributed by atoms with Gasteiger partial charge in [0, 0.05) is 27.9 Å². The van der Waals surface area contributed by atoms with Gasteiger partial charge in [0.05, 0.1) is 21.9 Å². The van der Waals surface area contributed by atoms with Crippen molar-refractivity contribution in [3.63, 3.8) is 0 Å². The number of amides is 1. The maximum Gasteiger partial charge on any atom is 0.341 e. The zero-order chi connectivity index (χ0) is 25.5. The zero-order valence-electron chi connectivity index (χ0n) is 18.8. The average molecular weight is 546 g/mol. The van der Waals surface area contributed by atoms with Crippen molar-refractivity contribution in [2.45, 2.75) is 6.10 Å². The summed E-state index contributed by atoms with van der Waals surface area (Å²) in [6.07, 6.45) is -1.27. The van der Waals surface area contributed by atoms with E-state index in [1.165, 1.54) is 18.2 Å². The van der Waals surface area contributed by atoms with E-state index in [2.05, 4.69) is 26.6 Å². The number of non-ortho nitro benzene ring substituents is 1. The van der Waals surface area contributed by atoms with Crippen molar-refractivity contribution in [3.8, 4) is 0 Å². The van der Waals surface area contributed by atoms with Crippen LogP contribution in [0.4, 0.5) is 22.7 Å². The van der Waals surface area contributed by atoms with Crippen molar-refractivity contribution in [3.05, 3.63) is 129 Å². The SMILES string of the molecule is O=C(OC(C(=O)Nc1ccc([N+](=O)[O-])cc1Br)c1ccccc1)c1ccccc1Nc1ccccc1. The Morgan fingerprint density at radius 1 is 0.833 bits per heavy atom. The van der Waals surface area contributed by atoms with Crippen molar-refractivity contribution >= 4 is 50.6 Å². The van der Waals surface area contributed by atoms with Gasteiger partial charge in [-0.25, -0.2) is 4.79 Å². The highest BCUT2D eigenvalue weighted by atomic mass is 79.9. The second-order valence-electron chi connectivity index (χ2n) is 7.64. The van der Waals surface area contributed by atoms with E-state index in [9.17, 15) is 19.7 Å². The van der Waals surface area contributed by atoms with Gasteiger partial charge in [-0.2, -0.15) is 0 Å². The standard InChI is InChI=1S/C27H20BrN3O5/c28-22-17-20(31(34)35)15-16-24(22)30-26(32)25(18-9-3-1-4-10-18)36-27(33)21-13-7-8-14-23(21)29-19-11-5-2-6-12-19/h1-17,25,29H,(H,30,32). The van der Waals surface area contributed by atoms with Gasteiger partial charge in [-0.1, -0.05) is 60.7 Å². The Hall–Kier alpha value is -4.50. The lowest BCUT2D eigenvalue weighted by Gasteiger charge is -2.20. The Bertz CT molecular complexity index is 1400. The molecule has 0 bridgehead atoms. The molecule has 36 heavy (non-hydrogen) atoms. The maximum absolute atomic E-state index is 13.3. The molecular weight excluding hydrogens is 526 g/mol. The Labute approximate surface area is 215 Å². The highest BCUT2D eigenvalue weighted by Gasteiger charge is 2.27. The lowest BCUT2D eigenvalue weighted by molar-refractivity contribution is -0.384. The molecule has 4 rings (SSSR count). The fourth-order valence-corrected chi connectivity index (χ4v) is 3.90. The fraction of sp³-hybridized carbons (Fsp3) is 0.0370. The molecule has 2 N–H and O–H groups in total. The number of esters is 1. The van der Waals surface area contributed by atoms with E-state index >= 15 is 0 Å². The second-order valence-corrected chi connectivity index (χ2v) is 8.50. The summed E-state index contributed by atoms with van der Waals surface area (Å²) in [5.74, 6) is -1.31. The monoisotopic (exact) mass is 545 g/mol. The summed E-state index contributed by atoms with van der Waals surface area (Å²) in [4.78, 5) is 37.0. The number of ether oxygens (including phenoxy) is 1. The van der Waals surface area contributed by atoms with Gasteiger partial charge in [0.15, 0.2) is 0 Å². The van der Waals surface area contributed by atoms with Crippen molar-refractivity contribution in [1.29, 1.82) is 0 Å². The number of nitro groups is 1. The highest BCUT2D eigenvalue weighted by Crippen LogP contribution is 2.30. The number of rotatable bonds is 8. The summed E-state index contributed by atoms with van der Waals surface area (Å²) >= 11 is 3.24. The van der Waals surface area contributed by atoms with Crippen LogP contribution in [0.2, 0.25) is 0 Å². The van der Waals surface area contributed by atoms with Crippen LogP contribution in [0.3, 0.4) is 0 Å². The molecule has 0 aromatic heterocycles. The molecule has 0 aliphatic rings. The number of hydrogen-bond donors (Lipinski definition) is 2. The van der Waals surface area contributed by atoms with E-state index in [0.29, 0.717) is 21.4 Å². The van der Waals surface area contributed by atoms with Gasteiger partial charge < -0.3 is 15.4 Å². The van der Waals surface area contributed by atoms with Crippen LogP contribution in [-0.4, -0.2) is 16.8 Å². The predicted octanol–water partition coefficient (Wildman–Crippen LogP) is 6.64. The minimum Gasteiger partial charge on any atom is -0.444 e. The molecule has 4 aromatic carbocycles. The summed E-state index contributed by atoms with van der Waals surface area (Å²) in [6, 6.07) is 28.8. The Kier molecular flexibility index (Phi) is 7.72. The topological polar surface area (TPSA) is 111 Å². The quantitative estimate of drug-likeness (QED) is 0.146. The average Bonchev–Trinajstić information content (AvgIpc) is 2.89. The Morgan fingerprint density at radius 2 is 1.47 bits per heavy atom. The molecule has 8 nitrogen and oxygen atoms in total. The summed E-state index contributed by atoms with van der Waals surface area (Å²) in [5, 5.41) is 16.9. The van der Waals surface area contributed by atoms with E-state index in [4.69, 9.17) is 4.74 Å². The molecule has 1 unspecified atom stereocenters. The zero-order valence-corrected chi connectivity index (χ0v) is 20.3. The predicted molar refractivity (Wildman–Crippen MR) is 140 cm³/mol. The minimum atomic E-state index is -1.27. The third-order valence-corrected chi connectivity index (χ3v) is 5.84. The van der Waals surface area contributed by atoms with Crippen molar-refractivity contribution in [2.75, 3.05) is 10.6 Å². The van der Waals surface area contributed by atoms with E-state index in [1.807, 2.05) is 30.3 Å². The third kappa shape index (κ3) is 5.94. The van der Waals surface area contributed by atoms with Crippen molar-refractivity contribution in [2.24, 2.45) is 0 Å². The summed E-state index contributed by atoms with van der Waals surface area (Å²) in [5.41, 5.74) is 2.21. The summed E-state index contributed by atoms with van der Waals surface area (Å²) < 4.78 is 6.04. The van der Waals surface area contributed by atoms with Crippen molar-refractivity contribution < 1.29 is 19.2 Å². The van der Waals surface area contributed by atoms with Gasteiger partial charge in [-0.3, -0.25) is 14.9 Å². The van der Waals surface area contributed by atoms with E-state index < -0.39 is 22.9 Å². The Balaban J connectivity index is 1.60. The molecule has 0 radical (unpaired) electrons. The van der Waals surface area contributed by atoms with Crippen LogP contribution in [0.1, 0.15) is 22.0 Å². The van der Waals surface area contributed by atoms with Gasteiger partial charge in [-0.15, -0.1) is 0 Å². The molecule has 0 aliphatic heterocycles. The van der Waals surface area contributed by atoms with E-state index in [1.54, 1.807) is 54.6 Å². The number of nitrogens with zero attached hydrogens (tertiary/aromatic N) is 1. The highest BCUT2D eigenvalue weighted by molar-refractivity contribution is 9.10. The molecule has 0 spiro atoms. The molecule has 0 aliphatic carbocycles. The summed E-state index contributed by atoms with van der Waals surface area (Å²) in [7, 11) is 0. The number of carbonyl (C=O) groups is 2. The number of anilines is 3. The molecule has 0 saturated carbocycles. The van der Waals surface area contributed by atoms with Gasteiger partial charge in [0.2, 0.25) is 6.10 Å². The third-order valence-electron chi connectivity index (χ3n) is 5.19. The van der Waals surface area contributed by atoms with Gasteiger partial charge in [-0.05, 0) is 46.3 Å². The molecule has 0 saturated heterocycles. The van der Waals surface area contributed by atoms with E-state index in [0.717, 1.165) is 5.69 Å². The molecule has 4 aromatic rings. The maximum atomic E-state index is 13.3. The number of nitro benzene ring substituents is 1. The number of benzene rings is 4. The molecular formula is C27H20BrN3O5. The Morgan fingerprint density at radius 3 is 2.14 bits per heavy atom. The molecule has 1 amide bonds. The number of hydrogen-bond acceptors (Lipinski definition) is 6. The van der Waals surface area contributed by atoms with Crippen LogP contribution in [0, 0.1) is 10.1 Å². The fourth-order valence-electron chi connectivity index (χ4n) is 3.44. The number of halogens is 1. The number of nitrogens with one attached hydrogen (secondary N) is 2. The molecule has 0 heterocycles.